The Bertz CT molecular complexity index is 322. The molecule has 0 aromatic heterocycles. The maximum absolute atomic E-state index is 12.2. The minimum atomic E-state index is -0.161. The summed E-state index contributed by atoms with van der Waals surface area (Å²) in [6.07, 6.45) is 7.53. The Balaban J connectivity index is 2.00. The molecule has 1 amide bonds. The Kier molecular flexibility index (Phi) is 5.85. The van der Waals surface area contributed by atoms with Gasteiger partial charge >= 0.3 is 0 Å². The van der Waals surface area contributed by atoms with Gasteiger partial charge in [-0.1, -0.05) is 19.8 Å². The van der Waals surface area contributed by atoms with Crippen LogP contribution in [0, 0.1) is 5.92 Å². The quantitative estimate of drug-likeness (QED) is 0.810. The number of nitrogens with zero attached hydrogens (tertiary/aromatic N) is 1. The fourth-order valence-electron chi connectivity index (χ4n) is 3.88. The number of hydrogen-bond acceptors (Lipinski definition) is 3. The van der Waals surface area contributed by atoms with Crippen molar-refractivity contribution in [3.05, 3.63) is 0 Å². The Morgan fingerprint density at radius 2 is 2.10 bits per heavy atom. The Labute approximate surface area is 122 Å². The van der Waals surface area contributed by atoms with Crippen LogP contribution in [0.3, 0.4) is 0 Å². The second kappa shape index (κ2) is 7.41. The van der Waals surface area contributed by atoms with Crippen LogP contribution in [0.1, 0.15) is 58.8 Å². The zero-order valence-electron chi connectivity index (χ0n) is 13.0. The summed E-state index contributed by atoms with van der Waals surface area (Å²) in [7, 11) is 0. The SMILES string of the molecule is CCCNC(=O)C(C)N1CCCCC1C1CCCC1O. The van der Waals surface area contributed by atoms with E-state index in [0.29, 0.717) is 12.0 Å². The van der Waals surface area contributed by atoms with Gasteiger partial charge < -0.3 is 10.4 Å². The van der Waals surface area contributed by atoms with Crippen LogP contribution >= 0.6 is 0 Å². The van der Waals surface area contributed by atoms with Gasteiger partial charge in [0.2, 0.25) is 5.91 Å². The van der Waals surface area contributed by atoms with Gasteiger partial charge in [0.05, 0.1) is 12.1 Å². The molecule has 4 heteroatoms. The lowest BCUT2D eigenvalue weighted by Gasteiger charge is -2.43. The van der Waals surface area contributed by atoms with Crippen LogP contribution in [0.15, 0.2) is 0 Å². The number of carbonyl (C=O) groups excluding carboxylic acids is 1. The van der Waals surface area contributed by atoms with Crippen molar-refractivity contribution in [3.8, 4) is 0 Å². The highest BCUT2D eigenvalue weighted by Gasteiger charge is 2.39. The first-order chi connectivity index (χ1) is 9.65. The van der Waals surface area contributed by atoms with Crippen LogP contribution in [0.4, 0.5) is 0 Å². The molecule has 0 aromatic rings. The number of aliphatic hydroxyl groups is 1. The molecule has 1 saturated heterocycles. The van der Waals surface area contributed by atoms with Crippen LogP contribution in [0.25, 0.3) is 0 Å². The van der Waals surface area contributed by atoms with Crippen LogP contribution < -0.4 is 5.32 Å². The van der Waals surface area contributed by atoms with Crippen molar-refractivity contribution >= 4 is 5.91 Å². The topological polar surface area (TPSA) is 52.6 Å². The molecule has 0 radical (unpaired) electrons. The summed E-state index contributed by atoms with van der Waals surface area (Å²) in [6.45, 7) is 5.84. The van der Waals surface area contributed by atoms with Crippen molar-refractivity contribution in [2.75, 3.05) is 13.1 Å². The monoisotopic (exact) mass is 282 g/mol. The molecule has 116 valence electrons. The molecule has 1 saturated carbocycles. The maximum Gasteiger partial charge on any atom is 0.237 e. The van der Waals surface area contributed by atoms with Crippen LogP contribution in [0.5, 0.6) is 0 Å². The van der Waals surface area contributed by atoms with Crippen molar-refractivity contribution < 1.29 is 9.90 Å². The Morgan fingerprint density at radius 3 is 2.75 bits per heavy atom. The van der Waals surface area contributed by atoms with Gasteiger partial charge in [0.15, 0.2) is 0 Å². The molecule has 2 rings (SSSR count). The average Bonchev–Trinajstić information content (AvgIpc) is 2.90. The smallest absolute Gasteiger partial charge is 0.237 e. The van der Waals surface area contributed by atoms with Gasteiger partial charge in [-0.15, -0.1) is 0 Å². The number of piperidine rings is 1. The molecule has 20 heavy (non-hydrogen) atoms. The summed E-state index contributed by atoms with van der Waals surface area (Å²) in [5, 5.41) is 13.2. The highest BCUT2D eigenvalue weighted by Crippen LogP contribution is 2.36. The highest BCUT2D eigenvalue weighted by atomic mass is 16.3. The minimum Gasteiger partial charge on any atom is -0.393 e. The summed E-state index contributed by atoms with van der Waals surface area (Å²) >= 11 is 0. The summed E-state index contributed by atoms with van der Waals surface area (Å²) in [4.78, 5) is 14.6. The predicted molar refractivity (Wildman–Crippen MR) is 80.5 cm³/mol. The molecular weight excluding hydrogens is 252 g/mol. The van der Waals surface area contributed by atoms with E-state index in [1.807, 2.05) is 6.92 Å². The summed E-state index contributed by atoms with van der Waals surface area (Å²) < 4.78 is 0. The van der Waals surface area contributed by atoms with Gasteiger partial charge in [0.25, 0.3) is 0 Å². The molecule has 2 aliphatic rings. The lowest BCUT2D eigenvalue weighted by Crippen LogP contribution is -2.55. The molecule has 4 atom stereocenters. The van der Waals surface area contributed by atoms with Gasteiger partial charge in [0.1, 0.15) is 0 Å². The molecule has 0 aromatic carbocycles. The summed E-state index contributed by atoms with van der Waals surface area (Å²) in [5.74, 6) is 0.517. The number of amides is 1. The molecule has 2 N–H and O–H groups in total. The lowest BCUT2D eigenvalue weighted by atomic mass is 9.86. The third-order valence-electron chi connectivity index (χ3n) is 5.04. The number of likely N-dealkylation sites (tertiary alicyclic amines) is 1. The lowest BCUT2D eigenvalue weighted by molar-refractivity contribution is -0.128. The van der Waals surface area contributed by atoms with Gasteiger partial charge in [0, 0.05) is 18.5 Å². The fourth-order valence-corrected chi connectivity index (χ4v) is 3.88. The van der Waals surface area contributed by atoms with Crippen LogP contribution in [-0.2, 0) is 4.79 Å². The number of nitrogens with one attached hydrogen (secondary N) is 1. The molecule has 0 bridgehead atoms. The molecule has 1 aliphatic carbocycles. The zero-order chi connectivity index (χ0) is 14.5. The van der Waals surface area contributed by atoms with Crippen molar-refractivity contribution in [1.82, 2.24) is 10.2 Å². The third kappa shape index (κ3) is 3.53. The first kappa shape index (κ1) is 15.8. The van der Waals surface area contributed by atoms with E-state index in [9.17, 15) is 9.90 Å². The van der Waals surface area contributed by atoms with E-state index < -0.39 is 0 Å². The fraction of sp³-hybridized carbons (Fsp3) is 0.938. The molecule has 2 fully saturated rings. The second-order valence-corrected chi connectivity index (χ2v) is 6.43. The number of hydrogen-bond donors (Lipinski definition) is 2. The van der Waals surface area contributed by atoms with E-state index in [-0.39, 0.29) is 18.1 Å². The first-order valence-corrected chi connectivity index (χ1v) is 8.36. The van der Waals surface area contributed by atoms with Crippen molar-refractivity contribution in [3.63, 3.8) is 0 Å². The first-order valence-electron chi connectivity index (χ1n) is 8.36. The summed E-state index contributed by atoms with van der Waals surface area (Å²) in [6, 6.07) is 0.322. The van der Waals surface area contributed by atoms with E-state index in [1.165, 1.54) is 12.8 Å². The van der Waals surface area contributed by atoms with Gasteiger partial charge in [-0.05, 0) is 45.6 Å². The largest absolute Gasteiger partial charge is 0.393 e. The van der Waals surface area contributed by atoms with Crippen LogP contribution in [-0.4, -0.2) is 47.2 Å². The maximum atomic E-state index is 12.2. The standard InChI is InChI=1S/C16H30N2O2/c1-3-10-17-16(20)12(2)18-11-5-4-8-14(18)13-7-6-9-15(13)19/h12-15,19H,3-11H2,1-2H3,(H,17,20). The number of aliphatic hydroxyl groups excluding tert-OH is 1. The van der Waals surface area contributed by atoms with E-state index >= 15 is 0 Å². The van der Waals surface area contributed by atoms with Gasteiger partial charge in [-0.3, -0.25) is 9.69 Å². The summed E-state index contributed by atoms with van der Waals surface area (Å²) in [5.41, 5.74) is 0. The van der Waals surface area contributed by atoms with E-state index in [2.05, 4.69) is 17.1 Å². The normalized spacial score (nSPS) is 33.0. The average molecular weight is 282 g/mol. The molecule has 0 spiro atoms. The van der Waals surface area contributed by atoms with Crippen LogP contribution in [0.2, 0.25) is 0 Å². The van der Waals surface area contributed by atoms with Crippen molar-refractivity contribution in [2.24, 2.45) is 5.92 Å². The number of rotatable bonds is 5. The third-order valence-corrected chi connectivity index (χ3v) is 5.04. The van der Waals surface area contributed by atoms with E-state index in [4.69, 9.17) is 0 Å². The highest BCUT2D eigenvalue weighted by molar-refractivity contribution is 5.81. The molecule has 1 aliphatic heterocycles. The zero-order valence-corrected chi connectivity index (χ0v) is 13.0. The van der Waals surface area contributed by atoms with Gasteiger partial charge in [-0.2, -0.15) is 0 Å². The van der Waals surface area contributed by atoms with Crippen molar-refractivity contribution in [2.45, 2.75) is 77.0 Å². The molecule has 4 nitrogen and oxygen atoms in total. The second-order valence-electron chi connectivity index (χ2n) is 6.43. The number of carbonyl (C=O) groups is 1. The predicted octanol–water partition coefficient (Wildman–Crippen LogP) is 1.92. The van der Waals surface area contributed by atoms with Crippen molar-refractivity contribution in [1.29, 1.82) is 0 Å². The van der Waals surface area contributed by atoms with E-state index in [0.717, 1.165) is 45.2 Å². The van der Waals surface area contributed by atoms with E-state index in [1.54, 1.807) is 0 Å². The Morgan fingerprint density at radius 1 is 1.30 bits per heavy atom. The molecule has 1 heterocycles. The Hall–Kier alpha value is -0.610. The molecule has 4 unspecified atom stereocenters. The minimum absolute atomic E-state index is 0.0698. The molecular formula is C16H30N2O2. The van der Waals surface area contributed by atoms with Gasteiger partial charge in [-0.25, -0.2) is 0 Å².